The minimum atomic E-state index is -0.322. The number of morpholine rings is 1. The van der Waals surface area contributed by atoms with Gasteiger partial charge in [0.15, 0.2) is 0 Å². The summed E-state index contributed by atoms with van der Waals surface area (Å²) in [5, 5.41) is 0. The molecule has 7 heteroatoms. The van der Waals surface area contributed by atoms with Crippen LogP contribution in [0.5, 0.6) is 0 Å². The fourth-order valence-corrected chi connectivity index (χ4v) is 3.82. The van der Waals surface area contributed by atoms with E-state index in [0.717, 1.165) is 5.69 Å². The molecule has 0 saturated carbocycles. The summed E-state index contributed by atoms with van der Waals surface area (Å²) >= 11 is 0. The van der Waals surface area contributed by atoms with Gasteiger partial charge < -0.3 is 14.5 Å². The van der Waals surface area contributed by atoms with E-state index < -0.39 is 0 Å². The molecule has 0 N–H and O–H groups in total. The van der Waals surface area contributed by atoms with Gasteiger partial charge in [0.2, 0.25) is 11.8 Å². The summed E-state index contributed by atoms with van der Waals surface area (Å²) in [7, 11) is 3.75. The Labute approximate surface area is 161 Å². The fourth-order valence-electron chi connectivity index (χ4n) is 3.82. The molecule has 7 nitrogen and oxygen atoms in total. The minimum absolute atomic E-state index is 0.0325. The first kappa shape index (κ1) is 19.8. The van der Waals surface area contributed by atoms with Crippen molar-refractivity contribution in [2.45, 2.75) is 38.5 Å². The molecule has 0 aromatic carbocycles. The molecule has 3 heterocycles. The molecule has 1 spiro atoms. The Morgan fingerprint density at radius 3 is 2.67 bits per heavy atom. The van der Waals surface area contributed by atoms with Gasteiger partial charge in [0.05, 0.1) is 31.9 Å². The number of nitrogens with zero attached hydrogens (tertiary/aromatic N) is 4. The maximum absolute atomic E-state index is 12.8. The monoisotopic (exact) mass is 374 g/mol. The second-order valence-corrected chi connectivity index (χ2v) is 8.29. The molecule has 1 atom stereocenters. The second-order valence-electron chi connectivity index (χ2n) is 8.29. The quantitative estimate of drug-likeness (QED) is 0.769. The first-order valence-corrected chi connectivity index (χ1v) is 9.56. The lowest BCUT2D eigenvalue weighted by molar-refractivity contribution is -0.203. The number of likely N-dealkylation sites (tertiary alicyclic amines) is 1. The van der Waals surface area contributed by atoms with Crippen molar-refractivity contribution in [1.82, 2.24) is 19.7 Å². The highest BCUT2D eigenvalue weighted by Crippen LogP contribution is 2.31. The molecule has 2 fully saturated rings. The van der Waals surface area contributed by atoms with Crippen LogP contribution in [0.25, 0.3) is 0 Å². The second kappa shape index (κ2) is 7.94. The van der Waals surface area contributed by atoms with E-state index in [9.17, 15) is 9.59 Å². The topological polar surface area (TPSA) is 66.0 Å². The van der Waals surface area contributed by atoms with Gasteiger partial charge in [-0.2, -0.15) is 0 Å². The van der Waals surface area contributed by atoms with Crippen LogP contribution in [0, 0.1) is 5.92 Å². The zero-order valence-electron chi connectivity index (χ0n) is 16.7. The minimum Gasteiger partial charge on any atom is -0.368 e. The average Bonchev–Trinajstić information content (AvgIpc) is 2.59. The van der Waals surface area contributed by atoms with Crippen LogP contribution in [0.15, 0.2) is 24.4 Å². The lowest BCUT2D eigenvalue weighted by Gasteiger charge is -2.55. The molecule has 2 amide bonds. The van der Waals surface area contributed by atoms with Crippen molar-refractivity contribution in [2.24, 2.45) is 5.92 Å². The van der Waals surface area contributed by atoms with Crippen LogP contribution in [0.3, 0.4) is 0 Å². The van der Waals surface area contributed by atoms with Crippen molar-refractivity contribution >= 4 is 11.8 Å². The van der Waals surface area contributed by atoms with E-state index in [1.165, 1.54) is 0 Å². The van der Waals surface area contributed by atoms with E-state index in [1.807, 2.05) is 30.1 Å². The third-order valence-corrected chi connectivity index (χ3v) is 5.30. The number of rotatable bonds is 5. The summed E-state index contributed by atoms with van der Waals surface area (Å²) in [4.78, 5) is 34.9. The van der Waals surface area contributed by atoms with E-state index >= 15 is 0 Å². The molecule has 0 bridgehead atoms. The lowest BCUT2D eigenvalue weighted by atomic mass is 9.89. The number of likely N-dealkylation sites (N-methyl/N-ethyl adjacent to an activating group) is 2. The van der Waals surface area contributed by atoms with Gasteiger partial charge in [0, 0.05) is 26.2 Å². The highest BCUT2D eigenvalue weighted by Gasteiger charge is 2.51. The zero-order valence-corrected chi connectivity index (χ0v) is 16.7. The third-order valence-electron chi connectivity index (χ3n) is 5.30. The van der Waals surface area contributed by atoms with Crippen LogP contribution in [0.2, 0.25) is 0 Å². The van der Waals surface area contributed by atoms with Crippen molar-refractivity contribution in [1.29, 1.82) is 0 Å². The van der Waals surface area contributed by atoms with Crippen LogP contribution >= 0.6 is 0 Å². The lowest BCUT2D eigenvalue weighted by Crippen LogP contribution is -2.73. The summed E-state index contributed by atoms with van der Waals surface area (Å²) in [5.74, 6) is 0.584. The number of ether oxygens (including phenoxy) is 1. The molecular weight excluding hydrogens is 344 g/mol. The molecule has 0 unspecified atom stereocenters. The van der Waals surface area contributed by atoms with E-state index in [-0.39, 0.29) is 23.5 Å². The van der Waals surface area contributed by atoms with E-state index in [1.54, 1.807) is 18.1 Å². The molecule has 0 radical (unpaired) electrons. The Morgan fingerprint density at radius 2 is 2.07 bits per heavy atom. The molecule has 1 aromatic heterocycles. The molecule has 27 heavy (non-hydrogen) atoms. The van der Waals surface area contributed by atoms with Crippen LogP contribution in [0.1, 0.15) is 26.0 Å². The number of hydrogen-bond acceptors (Lipinski definition) is 5. The van der Waals surface area contributed by atoms with Crippen molar-refractivity contribution in [3.05, 3.63) is 30.1 Å². The van der Waals surface area contributed by atoms with Gasteiger partial charge >= 0.3 is 0 Å². The molecule has 2 aliphatic heterocycles. The van der Waals surface area contributed by atoms with Gasteiger partial charge in [-0.1, -0.05) is 19.9 Å². The molecule has 148 valence electrons. The maximum Gasteiger partial charge on any atom is 0.242 e. The summed E-state index contributed by atoms with van der Waals surface area (Å²) in [6.07, 6.45) is 2.31. The highest BCUT2D eigenvalue weighted by atomic mass is 16.5. The number of hydrogen-bond donors (Lipinski definition) is 0. The zero-order chi connectivity index (χ0) is 19.6. The molecule has 2 aliphatic rings. The fraction of sp³-hybridized carbons (Fsp3) is 0.650. The first-order chi connectivity index (χ1) is 12.8. The van der Waals surface area contributed by atoms with Crippen LogP contribution < -0.4 is 0 Å². The van der Waals surface area contributed by atoms with E-state index in [0.29, 0.717) is 45.1 Å². The molecule has 0 aliphatic carbocycles. The van der Waals surface area contributed by atoms with Gasteiger partial charge in [-0.3, -0.25) is 19.5 Å². The smallest absolute Gasteiger partial charge is 0.242 e. The van der Waals surface area contributed by atoms with Gasteiger partial charge in [0.1, 0.15) is 11.6 Å². The normalized spacial score (nSPS) is 22.0. The van der Waals surface area contributed by atoms with Crippen molar-refractivity contribution < 1.29 is 14.3 Å². The largest absolute Gasteiger partial charge is 0.368 e. The predicted molar refractivity (Wildman–Crippen MR) is 102 cm³/mol. The van der Waals surface area contributed by atoms with E-state index in [4.69, 9.17) is 4.74 Å². The summed E-state index contributed by atoms with van der Waals surface area (Å²) in [6.45, 7) is 6.83. The van der Waals surface area contributed by atoms with Crippen molar-refractivity contribution in [3.8, 4) is 0 Å². The van der Waals surface area contributed by atoms with Crippen LogP contribution in [0.4, 0.5) is 0 Å². The van der Waals surface area contributed by atoms with Gasteiger partial charge in [-0.15, -0.1) is 0 Å². The summed E-state index contributed by atoms with van der Waals surface area (Å²) < 4.78 is 6.09. The standard InChI is InChI=1S/C20H30N4O3/c1-15(2)9-18(25)24-13-20(14-24)12-23(4)17(11-27-20)19(26)22(3)10-16-7-5-6-8-21-16/h5-8,15,17H,9-14H2,1-4H3/t17-/m1/s1. The number of aromatic nitrogens is 1. The van der Waals surface area contributed by atoms with E-state index in [2.05, 4.69) is 23.7 Å². The Bertz CT molecular complexity index is 673. The maximum atomic E-state index is 12.8. The number of carbonyl (C=O) groups is 2. The Hall–Kier alpha value is -1.99. The highest BCUT2D eigenvalue weighted by molar-refractivity contribution is 5.82. The summed E-state index contributed by atoms with van der Waals surface area (Å²) in [6, 6.07) is 5.39. The Morgan fingerprint density at radius 1 is 1.33 bits per heavy atom. The number of pyridine rings is 1. The van der Waals surface area contributed by atoms with Crippen LogP contribution in [-0.4, -0.2) is 83.5 Å². The van der Waals surface area contributed by atoms with Crippen LogP contribution in [-0.2, 0) is 20.9 Å². The third kappa shape index (κ3) is 4.47. The summed E-state index contributed by atoms with van der Waals surface area (Å²) in [5.41, 5.74) is 0.542. The van der Waals surface area contributed by atoms with Crippen molar-refractivity contribution in [3.63, 3.8) is 0 Å². The number of amides is 2. The number of carbonyl (C=O) groups excluding carboxylic acids is 2. The Balaban J connectivity index is 1.52. The molecule has 1 aromatic rings. The predicted octanol–water partition coefficient (Wildman–Crippen LogP) is 0.998. The molecular formula is C20H30N4O3. The van der Waals surface area contributed by atoms with Gasteiger partial charge in [0.25, 0.3) is 0 Å². The van der Waals surface area contributed by atoms with Gasteiger partial charge in [-0.05, 0) is 25.1 Å². The molecule has 3 rings (SSSR count). The SMILES string of the molecule is CC(C)CC(=O)N1CC2(C1)CN(C)[C@@H](C(=O)N(C)Cc1ccccn1)CO2. The average molecular weight is 374 g/mol. The first-order valence-electron chi connectivity index (χ1n) is 9.56. The van der Waals surface area contributed by atoms with Crippen molar-refractivity contribution in [2.75, 3.05) is 40.3 Å². The van der Waals surface area contributed by atoms with Gasteiger partial charge in [-0.25, -0.2) is 0 Å². The Kier molecular flexibility index (Phi) is 5.81. The molecule has 2 saturated heterocycles.